The van der Waals surface area contributed by atoms with Gasteiger partial charge < -0.3 is 10.6 Å². The zero-order chi connectivity index (χ0) is 17.8. The number of hydrogen-bond acceptors (Lipinski definition) is 4. The Labute approximate surface area is 149 Å². The van der Waals surface area contributed by atoms with Crippen molar-refractivity contribution in [2.75, 3.05) is 25.0 Å². The Hall–Kier alpha value is -1.95. The van der Waals surface area contributed by atoms with Gasteiger partial charge in [0.2, 0.25) is 11.8 Å². The van der Waals surface area contributed by atoms with Gasteiger partial charge in [-0.05, 0) is 70.2 Å². The maximum absolute atomic E-state index is 12.4. The number of amides is 2. The highest BCUT2D eigenvalue weighted by Gasteiger charge is 2.30. The molecule has 6 heteroatoms. The van der Waals surface area contributed by atoms with E-state index < -0.39 is 0 Å². The fourth-order valence-electron chi connectivity index (χ4n) is 3.34. The molecule has 1 aliphatic carbocycles. The van der Waals surface area contributed by atoms with Gasteiger partial charge in [0, 0.05) is 18.2 Å². The van der Waals surface area contributed by atoms with Crippen molar-refractivity contribution in [3.8, 4) is 0 Å². The summed E-state index contributed by atoms with van der Waals surface area (Å²) in [6, 6.07) is 4.05. The highest BCUT2D eigenvalue weighted by atomic mass is 16.2. The molecule has 0 radical (unpaired) electrons. The summed E-state index contributed by atoms with van der Waals surface area (Å²) in [6.07, 6.45) is 5.78. The quantitative estimate of drug-likeness (QED) is 0.827. The van der Waals surface area contributed by atoms with Gasteiger partial charge in [0.15, 0.2) is 0 Å². The smallest absolute Gasteiger partial charge is 0.234 e. The van der Waals surface area contributed by atoms with E-state index in [1.165, 1.54) is 12.8 Å². The number of nitrogens with zero attached hydrogens (tertiary/aromatic N) is 2. The van der Waals surface area contributed by atoms with E-state index in [1.54, 1.807) is 6.20 Å². The molecule has 1 aliphatic heterocycles. The molecule has 6 nitrogen and oxygen atoms in total. The molecule has 0 spiro atoms. The minimum absolute atomic E-state index is 0.00666. The van der Waals surface area contributed by atoms with E-state index in [-0.39, 0.29) is 23.8 Å². The highest BCUT2D eigenvalue weighted by Crippen LogP contribution is 2.32. The molecule has 2 aliphatic rings. The van der Waals surface area contributed by atoms with Crippen LogP contribution in [0.3, 0.4) is 0 Å². The van der Waals surface area contributed by atoms with E-state index in [1.807, 2.05) is 19.1 Å². The molecule has 3 rings (SSSR count). The van der Waals surface area contributed by atoms with E-state index in [0.717, 1.165) is 31.5 Å². The van der Waals surface area contributed by atoms with E-state index in [0.29, 0.717) is 18.3 Å². The number of carbonyl (C=O) groups excluding carboxylic acids is 2. The summed E-state index contributed by atoms with van der Waals surface area (Å²) >= 11 is 0. The lowest BCUT2D eigenvalue weighted by Gasteiger charge is -2.31. The van der Waals surface area contributed by atoms with Gasteiger partial charge in [-0.25, -0.2) is 4.98 Å². The van der Waals surface area contributed by atoms with Crippen LogP contribution >= 0.6 is 0 Å². The first kappa shape index (κ1) is 17.9. The van der Waals surface area contributed by atoms with Crippen LogP contribution in [-0.2, 0) is 9.59 Å². The molecule has 1 aromatic heterocycles. The number of pyridine rings is 1. The fourth-order valence-corrected chi connectivity index (χ4v) is 3.34. The Morgan fingerprint density at radius 1 is 1.24 bits per heavy atom. The number of hydrogen-bond donors (Lipinski definition) is 2. The van der Waals surface area contributed by atoms with Crippen molar-refractivity contribution in [2.45, 2.75) is 45.6 Å². The summed E-state index contributed by atoms with van der Waals surface area (Å²) in [5, 5.41) is 5.98. The third kappa shape index (κ3) is 5.26. The number of aromatic nitrogens is 1. The Morgan fingerprint density at radius 3 is 2.56 bits per heavy atom. The normalized spacial score (nSPS) is 20.1. The Kier molecular flexibility index (Phi) is 5.68. The van der Waals surface area contributed by atoms with Crippen LogP contribution in [0.15, 0.2) is 18.3 Å². The van der Waals surface area contributed by atoms with Crippen LogP contribution in [0, 0.1) is 18.8 Å². The molecule has 1 atom stereocenters. The SMILES string of the molecule is Cc1ccc(NC(=O)C2CCN(CC(=O)NC(C)C3CC3)CC2)nc1. The average molecular weight is 344 g/mol. The predicted octanol–water partition coefficient (Wildman–Crippen LogP) is 1.96. The van der Waals surface area contributed by atoms with Crippen LogP contribution in [0.5, 0.6) is 0 Å². The summed E-state index contributed by atoms with van der Waals surface area (Å²) in [5.41, 5.74) is 1.07. The second-order valence-corrected chi connectivity index (χ2v) is 7.45. The van der Waals surface area contributed by atoms with Crippen LogP contribution in [0.4, 0.5) is 5.82 Å². The van der Waals surface area contributed by atoms with Crippen molar-refractivity contribution in [2.24, 2.45) is 11.8 Å². The van der Waals surface area contributed by atoms with Crippen molar-refractivity contribution < 1.29 is 9.59 Å². The van der Waals surface area contributed by atoms with Gasteiger partial charge in [-0.2, -0.15) is 0 Å². The molecule has 1 unspecified atom stereocenters. The van der Waals surface area contributed by atoms with Crippen molar-refractivity contribution in [3.05, 3.63) is 23.9 Å². The van der Waals surface area contributed by atoms with Crippen LogP contribution < -0.4 is 10.6 Å². The molecular formula is C19H28N4O2. The van der Waals surface area contributed by atoms with Gasteiger partial charge in [0.05, 0.1) is 6.54 Å². The average Bonchev–Trinajstić information content (AvgIpc) is 3.42. The zero-order valence-corrected chi connectivity index (χ0v) is 15.1. The first-order valence-corrected chi connectivity index (χ1v) is 9.26. The number of carbonyl (C=O) groups is 2. The standard InChI is InChI=1S/C19H28N4O2/c1-13-3-6-17(20-11-13)22-19(25)16-7-9-23(10-8-16)12-18(24)21-14(2)15-4-5-15/h3,6,11,14-16H,4-5,7-10,12H2,1-2H3,(H,21,24)(H,20,22,25). The Bertz CT molecular complexity index is 604. The molecule has 0 aromatic carbocycles. The molecule has 1 saturated carbocycles. The summed E-state index contributed by atoms with van der Waals surface area (Å²) in [7, 11) is 0. The molecule has 0 bridgehead atoms. The number of piperidine rings is 1. The number of anilines is 1. The minimum atomic E-state index is -0.00666. The van der Waals surface area contributed by atoms with Crippen molar-refractivity contribution in [3.63, 3.8) is 0 Å². The zero-order valence-electron chi connectivity index (χ0n) is 15.1. The Balaban J connectivity index is 1.39. The third-order valence-electron chi connectivity index (χ3n) is 5.21. The van der Waals surface area contributed by atoms with Gasteiger partial charge in [-0.1, -0.05) is 6.07 Å². The van der Waals surface area contributed by atoms with E-state index >= 15 is 0 Å². The predicted molar refractivity (Wildman–Crippen MR) is 97.1 cm³/mol. The lowest BCUT2D eigenvalue weighted by molar-refractivity contribution is -0.124. The second-order valence-electron chi connectivity index (χ2n) is 7.45. The molecule has 2 N–H and O–H groups in total. The van der Waals surface area contributed by atoms with Crippen molar-refractivity contribution in [1.29, 1.82) is 0 Å². The molecular weight excluding hydrogens is 316 g/mol. The lowest BCUT2D eigenvalue weighted by Crippen LogP contribution is -2.45. The maximum Gasteiger partial charge on any atom is 0.234 e. The Morgan fingerprint density at radius 2 is 1.96 bits per heavy atom. The summed E-state index contributed by atoms with van der Waals surface area (Å²) in [5.74, 6) is 1.40. The maximum atomic E-state index is 12.4. The molecule has 136 valence electrons. The summed E-state index contributed by atoms with van der Waals surface area (Å²) < 4.78 is 0. The third-order valence-corrected chi connectivity index (χ3v) is 5.21. The highest BCUT2D eigenvalue weighted by molar-refractivity contribution is 5.91. The van der Waals surface area contributed by atoms with Gasteiger partial charge >= 0.3 is 0 Å². The fraction of sp³-hybridized carbons (Fsp3) is 0.632. The minimum Gasteiger partial charge on any atom is -0.352 e. The van der Waals surface area contributed by atoms with Gasteiger partial charge in [-0.3, -0.25) is 14.5 Å². The number of aryl methyl sites for hydroxylation is 1. The first-order chi connectivity index (χ1) is 12.0. The second kappa shape index (κ2) is 7.95. The summed E-state index contributed by atoms with van der Waals surface area (Å²) in [4.78, 5) is 30.8. The van der Waals surface area contributed by atoms with Crippen LogP contribution in [0.25, 0.3) is 0 Å². The molecule has 2 heterocycles. The summed E-state index contributed by atoms with van der Waals surface area (Å²) in [6.45, 7) is 6.06. The topological polar surface area (TPSA) is 74.3 Å². The van der Waals surface area contributed by atoms with Gasteiger partial charge in [-0.15, -0.1) is 0 Å². The van der Waals surface area contributed by atoms with E-state index in [9.17, 15) is 9.59 Å². The van der Waals surface area contributed by atoms with Crippen molar-refractivity contribution >= 4 is 17.6 Å². The number of rotatable bonds is 6. The molecule has 2 amide bonds. The van der Waals surface area contributed by atoms with E-state index in [4.69, 9.17) is 0 Å². The number of likely N-dealkylation sites (tertiary alicyclic amines) is 1. The molecule has 1 saturated heterocycles. The van der Waals surface area contributed by atoms with Crippen LogP contribution in [0.2, 0.25) is 0 Å². The number of nitrogens with one attached hydrogen (secondary N) is 2. The molecule has 25 heavy (non-hydrogen) atoms. The van der Waals surface area contributed by atoms with Crippen LogP contribution in [-0.4, -0.2) is 47.4 Å². The van der Waals surface area contributed by atoms with Gasteiger partial charge in [0.25, 0.3) is 0 Å². The molecule has 2 fully saturated rings. The monoisotopic (exact) mass is 344 g/mol. The van der Waals surface area contributed by atoms with Crippen LogP contribution in [0.1, 0.15) is 38.2 Å². The van der Waals surface area contributed by atoms with E-state index in [2.05, 4.69) is 27.4 Å². The van der Waals surface area contributed by atoms with Crippen molar-refractivity contribution in [1.82, 2.24) is 15.2 Å². The molecule has 1 aromatic rings. The van der Waals surface area contributed by atoms with Gasteiger partial charge in [0.1, 0.15) is 5.82 Å². The largest absolute Gasteiger partial charge is 0.352 e. The first-order valence-electron chi connectivity index (χ1n) is 9.26. The lowest BCUT2D eigenvalue weighted by atomic mass is 9.96.